The number of hydrogen-bond donors (Lipinski definition) is 0. The van der Waals surface area contributed by atoms with Crippen LogP contribution in [-0.4, -0.2) is 26.4 Å². The first-order chi connectivity index (χ1) is 33.3. The van der Waals surface area contributed by atoms with Crippen LogP contribution < -0.4 is 0 Å². The van der Waals surface area contributed by atoms with Crippen molar-refractivity contribution >= 4 is 22.7 Å². The van der Waals surface area contributed by atoms with Gasteiger partial charge in [0.25, 0.3) is 0 Å². The zero-order valence-electron chi connectivity index (χ0n) is 46.2. The minimum atomic E-state index is 0. The Balaban J connectivity index is 0.000000310. The van der Waals surface area contributed by atoms with Crippen molar-refractivity contribution < 1.29 is 71.7 Å². The average molecular weight is 1420 g/mol. The van der Waals surface area contributed by atoms with Crippen LogP contribution in [0.5, 0.6) is 0 Å². The summed E-state index contributed by atoms with van der Waals surface area (Å²) in [5, 5.41) is 29.3. The van der Waals surface area contributed by atoms with E-state index in [1.807, 2.05) is 64.8 Å². The smallest absolute Gasteiger partial charge is 0.719 e. The summed E-state index contributed by atoms with van der Waals surface area (Å²) >= 11 is 0. The Morgan fingerprint density at radius 3 is 0.806 bits per heavy atom. The van der Waals surface area contributed by atoms with Crippen LogP contribution in [0.4, 0.5) is 22.7 Å². The minimum absolute atomic E-state index is 0. The fourth-order valence-corrected chi connectivity index (χ4v) is 8.99. The molecule has 8 rings (SSSR count). The van der Waals surface area contributed by atoms with Gasteiger partial charge in [-0.2, -0.15) is 48.5 Å². The second-order valence-electron chi connectivity index (χ2n) is 19.2. The van der Waals surface area contributed by atoms with E-state index in [-0.39, 0.29) is 62.2 Å². The molecular formula is C62H78N6O2U2. The van der Waals surface area contributed by atoms with Gasteiger partial charge in [0, 0.05) is 26.4 Å². The van der Waals surface area contributed by atoms with Crippen molar-refractivity contribution in [2.45, 2.75) is 136 Å². The predicted octanol–water partition coefficient (Wildman–Crippen LogP) is 19.3. The standard InChI is InChI=1S/2C27H31N3.2C4H8O.2U/c2*1-16-12-18(3)26(19(4)13-16)28-22(7)24-10-9-11-25(30-24)23(8)29-27-20(5)14-17(2)15-21(27)6;2*1-2-4-5-3-1;;/h2*9-15H,1-8H3;2*1-4H2;;/q2*-4;;;2*+4/b2*24-22-,25-23-;;;;. The van der Waals surface area contributed by atoms with Crippen molar-refractivity contribution in [3.8, 4) is 0 Å². The van der Waals surface area contributed by atoms with Gasteiger partial charge in [-0.15, -0.1) is 36.6 Å². The zero-order chi connectivity index (χ0) is 51.1. The summed E-state index contributed by atoms with van der Waals surface area (Å²) in [5.74, 6) is 0. The number of benzene rings is 4. The van der Waals surface area contributed by atoms with Gasteiger partial charge in [-0.1, -0.05) is 129 Å². The first-order valence-corrected chi connectivity index (χ1v) is 24.9. The normalized spacial score (nSPS) is 17.1. The Labute approximate surface area is 483 Å². The topological polar surface area (TPSA) is 103 Å². The molecule has 0 spiro atoms. The summed E-state index contributed by atoms with van der Waals surface area (Å²) in [5.41, 5.74) is 25.8. The van der Waals surface area contributed by atoms with Crippen molar-refractivity contribution in [1.29, 1.82) is 0 Å². The molecule has 0 amide bonds. The summed E-state index contributed by atoms with van der Waals surface area (Å²) in [4.78, 5) is 0. The van der Waals surface area contributed by atoms with Crippen LogP contribution in [0.25, 0.3) is 31.9 Å². The average Bonchev–Trinajstić information content (AvgIpc) is 4.10. The number of aryl methyl sites for hydroxylation is 12. The molecule has 0 saturated carbocycles. The third-order valence-electron chi connectivity index (χ3n) is 12.3. The third-order valence-corrected chi connectivity index (χ3v) is 12.3. The molecule has 4 aliphatic rings. The molecule has 0 aromatic heterocycles. The fourth-order valence-electron chi connectivity index (χ4n) is 8.99. The first-order valence-electron chi connectivity index (χ1n) is 24.9. The Morgan fingerprint density at radius 1 is 0.375 bits per heavy atom. The van der Waals surface area contributed by atoms with Gasteiger partial charge in [0.1, 0.15) is 0 Å². The summed E-state index contributed by atoms with van der Waals surface area (Å²) in [6, 6.07) is 17.4. The first kappa shape index (κ1) is 62.2. The Kier molecular flexibility index (Phi) is 26.2. The molecule has 0 radical (unpaired) electrons. The summed E-state index contributed by atoms with van der Waals surface area (Å²) in [7, 11) is 0. The largest absolute Gasteiger partial charge is 4.00 e. The Hall–Kier alpha value is -4.12. The van der Waals surface area contributed by atoms with E-state index in [1.54, 1.807) is 0 Å². The molecular weight excluding hydrogens is 1340 g/mol. The van der Waals surface area contributed by atoms with Crippen molar-refractivity contribution in [1.82, 2.24) is 0 Å². The molecule has 72 heavy (non-hydrogen) atoms. The van der Waals surface area contributed by atoms with Crippen LogP contribution in [0.3, 0.4) is 0 Å². The number of rotatable bonds is 8. The van der Waals surface area contributed by atoms with Gasteiger partial charge in [-0.05, 0) is 109 Å². The van der Waals surface area contributed by atoms with Crippen LogP contribution in [0.2, 0.25) is 0 Å². The van der Waals surface area contributed by atoms with Gasteiger partial charge in [-0.3, -0.25) is 22.8 Å². The van der Waals surface area contributed by atoms with E-state index < -0.39 is 0 Å². The monoisotopic (exact) mass is 1410 g/mol. The third kappa shape index (κ3) is 18.7. The van der Waals surface area contributed by atoms with E-state index in [4.69, 9.17) is 41.4 Å². The van der Waals surface area contributed by atoms with Crippen LogP contribution in [0, 0.1) is 158 Å². The van der Waals surface area contributed by atoms with Crippen LogP contribution in [-0.2, 0) is 9.47 Å². The zero-order valence-corrected chi connectivity index (χ0v) is 54.6. The predicted molar refractivity (Wildman–Crippen MR) is 299 cm³/mol. The van der Waals surface area contributed by atoms with E-state index in [0.717, 1.165) is 94.8 Å². The number of ether oxygens (including phenoxy) is 2. The molecule has 0 N–H and O–H groups in total. The second-order valence-corrected chi connectivity index (χ2v) is 19.2. The second kappa shape index (κ2) is 30.3. The quantitative estimate of drug-likeness (QED) is 0.164. The van der Waals surface area contributed by atoms with Gasteiger partial charge >= 0.3 is 62.2 Å². The number of hydrogen-bond acceptors (Lipinski definition) is 2. The van der Waals surface area contributed by atoms with Crippen LogP contribution in [0.1, 0.15) is 120 Å². The van der Waals surface area contributed by atoms with E-state index in [2.05, 4.69) is 132 Å². The molecule has 2 fully saturated rings. The van der Waals surface area contributed by atoms with Crippen molar-refractivity contribution in [3.05, 3.63) is 230 Å². The molecule has 0 atom stereocenters. The molecule has 2 saturated heterocycles. The fraction of sp³-hybridized carbons (Fsp3) is 0.387. The van der Waals surface area contributed by atoms with Gasteiger partial charge in [0.2, 0.25) is 0 Å². The molecule has 376 valence electrons. The SMILES string of the molecule is C/C([N-]c1c(C)cc(C)cc1C)=C1\C=C[CH-]/C(=C(\C)[N-]c2c(C)cc(C)cc2C)[N-]1.C/C([N-]c1c(C)cc(C)cc1C)=C1\C=C[CH-]/C(=C(\C)[N-]c2c(C)cc(C)cc2C)[N-]1.C1CCOC1.C1CCOC1.[U+4].[U+4]. The van der Waals surface area contributed by atoms with Crippen LogP contribution >= 0.6 is 0 Å². The van der Waals surface area contributed by atoms with E-state index in [9.17, 15) is 0 Å². The molecule has 4 aromatic carbocycles. The maximum absolute atomic E-state index is 4.94. The molecule has 4 aromatic rings. The van der Waals surface area contributed by atoms with Gasteiger partial charge in [0.05, 0.1) is 0 Å². The molecule has 4 aliphatic heterocycles. The molecule has 0 unspecified atom stereocenters. The molecule has 10 heteroatoms. The molecule has 0 aliphatic carbocycles. The van der Waals surface area contributed by atoms with Gasteiger partial charge in [0.15, 0.2) is 0 Å². The number of allylic oxidation sites excluding steroid dienone is 8. The van der Waals surface area contributed by atoms with Crippen molar-refractivity contribution in [2.24, 2.45) is 0 Å². The maximum Gasteiger partial charge on any atom is 4.00 e. The van der Waals surface area contributed by atoms with Gasteiger partial charge < -0.3 is 41.4 Å². The molecule has 4 heterocycles. The Morgan fingerprint density at radius 2 is 0.597 bits per heavy atom. The van der Waals surface area contributed by atoms with Gasteiger partial charge in [-0.25, -0.2) is 11.4 Å². The van der Waals surface area contributed by atoms with Crippen molar-refractivity contribution in [2.75, 3.05) is 26.4 Å². The maximum atomic E-state index is 4.94. The van der Waals surface area contributed by atoms with Crippen molar-refractivity contribution in [3.63, 3.8) is 0 Å². The summed E-state index contributed by atoms with van der Waals surface area (Å²) in [6.45, 7) is 37.4. The Bertz CT molecular complexity index is 2390. The summed E-state index contributed by atoms with van der Waals surface area (Å²) in [6.07, 6.45) is 17.2. The minimum Gasteiger partial charge on any atom is -0.719 e. The molecule has 8 nitrogen and oxygen atoms in total. The summed E-state index contributed by atoms with van der Waals surface area (Å²) < 4.78 is 9.89. The molecule has 0 bridgehead atoms. The van der Waals surface area contributed by atoms with E-state index >= 15 is 0 Å². The van der Waals surface area contributed by atoms with E-state index in [0.29, 0.717) is 0 Å². The van der Waals surface area contributed by atoms with Crippen LogP contribution in [0.15, 0.2) is 118 Å². The number of nitrogens with zero attached hydrogens (tertiary/aromatic N) is 6. The van der Waals surface area contributed by atoms with E-state index in [1.165, 1.54) is 92.4 Å².